The maximum atomic E-state index is 6.09. The molecule has 0 saturated carbocycles. The molecule has 3 aromatic rings. The van der Waals surface area contributed by atoms with Gasteiger partial charge >= 0.3 is 0 Å². The molecule has 3 rings (SSSR count). The molecule has 0 bridgehead atoms. The molecule has 0 aliphatic carbocycles. The normalized spacial score (nSPS) is 11.1. The van der Waals surface area contributed by atoms with Crippen LogP contribution in [0.25, 0.3) is 20.8 Å². The highest BCUT2D eigenvalue weighted by Crippen LogP contribution is 2.41. The Morgan fingerprint density at radius 3 is 2.63 bits per heavy atom. The summed E-state index contributed by atoms with van der Waals surface area (Å²) in [6.45, 7) is 2.02. The summed E-state index contributed by atoms with van der Waals surface area (Å²) >= 11 is 8.75. The molecule has 19 heavy (non-hydrogen) atoms. The summed E-state index contributed by atoms with van der Waals surface area (Å²) in [5.41, 5.74) is 9.99. The third-order valence-electron chi connectivity index (χ3n) is 3.04. The van der Waals surface area contributed by atoms with Crippen molar-refractivity contribution in [1.29, 1.82) is 0 Å². The number of fused-ring (bicyclic) bond motifs is 1. The van der Waals surface area contributed by atoms with Gasteiger partial charge in [-0.3, -0.25) is 0 Å². The van der Waals surface area contributed by atoms with Crippen molar-refractivity contribution in [2.24, 2.45) is 0 Å². The Morgan fingerprint density at radius 2 is 1.89 bits per heavy atom. The molecule has 2 nitrogen and oxygen atoms in total. The minimum atomic E-state index is 0.762. The number of rotatable bonds is 1. The third kappa shape index (κ3) is 2.20. The van der Waals surface area contributed by atoms with Crippen LogP contribution < -0.4 is 5.73 Å². The highest BCUT2D eigenvalue weighted by molar-refractivity contribution is 9.11. The van der Waals surface area contributed by atoms with Gasteiger partial charge in [-0.15, -0.1) is 11.3 Å². The van der Waals surface area contributed by atoms with Crippen molar-refractivity contribution in [2.45, 2.75) is 6.92 Å². The van der Waals surface area contributed by atoms with Crippen LogP contribution >= 0.6 is 43.2 Å². The maximum Gasteiger partial charge on any atom is 0.126 e. The van der Waals surface area contributed by atoms with Gasteiger partial charge in [0.1, 0.15) is 5.01 Å². The molecule has 0 fully saturated rings. The van der Waals surface area contributed by atoms with Gasteiger partial charge in [-0.25, -0.2) is 4.98 Å². The number of hydrogen-bond donors (Lipinski definition) is 1. The smallest absolute Gasteiger partial charge is 0.126 e. The van der Waals surface area contributed by atoms with E-state index >= 15 is 0 Å². The van der Waals surface area contributed by atoms with E-state index in [0.29, 0.717) is 0 Å². The molecule has 96 valence electrons. The number of aromatic nitrogens is 1. The Hall–Kier alpha value is -0.910. The van der Waals surface area contributed by atoms with Gasteiger partial charge < -0.3 is 5.73 Å². The van der Waals surface area contributed by atoms with Crippen LogP contribution in [0.15, 0.2) is 39.3 Å². The number of anilines is 1. The first kappa shape index (κ1) is 13.1. The van der Waals surface area contributed by atoms with Crippen molar-refractivity contribution in [1.82, 2.24) is 4.98 Å². The summed E-state index contributed by atoms with van der Waals surface area (Å²) in [5, 5.41) is 0.991. The predicted molar refractivity (Wildman–Crippen MR) is 89.6 cm³/mol. The zero-order valence-electron chi connectivity index (χ0n) is 10.1. The number of halogens is 2. The highest BCUT2D eigenvalue weighted by atomic mass is 79.9. The van der Waals surface area contributed by atoms with Crippen LogP contribution in [-0.4, -0.2) is 4.98 Å². The molecule has 1 aromatic heterocycles. The van der Waals surface area contributed by atoms with E-state index in [9.17, 15) is 0 Å². The SMILES string of the molecule is Cc1c(N)c(Br)cc(Br)c1-c1nc2ccccc2s1. The van der Waals surface area contributed by atoms with E-state index in [-0.39, 0.29) is 0 Å². The van der Waals surface area contributed by atoms with Crippen molar-refractivity contribution in [2.75, 3.05) is 5.73 Å². The van der Waals surface area contributed by atoms with E-state index in [1.54, 1.807) is 11.3 Å². The maximum absolute atomic E-state index is 6.09. The Labute approximate surface area is 131 Å². The quantitative estimate of drug-likeness (QED) is 0.560. The van der Waals surface area contributed by atoms with Gasteiger partial charge in [-0.1, -0.05) is 28.1 Å². The Bertz CT molecular complexity index is 747. The van der Waals surface area contributed by atoms with Crippen LogP contribution in [0.1, 0.15) is 5.56 Å². The molecule has 0 amide bonds. The van der Waals surface area contributed by atoms with Gasteiger partial charge in [0, 0.05) is 20.2 Å². The molecule has 5 heteroatoms. The Kier molecular flexibility index (Phi) is 3.37. The van der Waals surface area contributed by atoms with Gasteiger partial charge in [0.2, 0.25) is 0 Å². The summed E-state index contributed by atoms with van der Waals surface area (Å²) in [4.78, 5) is 4.69. The van der Waals surface area contributed by atoms with Gasteiger partial charge in [-0.2, -0.15) is 0 Å². The van der Waals surface area contributed by atoms with E-state index in [2.05, 4.69) is 37.9 Å². The molecule has 1 heterocycles. The van der Waals surface area contributed by atoms with Crippen molar-refractivity contribution >= 4 is 59.1 Å². The average molecular weight is 398 g/mol. The largest absolute Gasteiger partial charge is 0.398 e. The highest BCUT2D eigenvalue weighted by Gasteiger charge is 2.15. The van der Waals surface area contributed by atoms with Crippen molar-refractivity contribution in [3.63, 3.8) is 0 Å². The number of benzene rings is 2. The number of thiazole rings is 1. The summed E-state index contributed by atoms with van der Waals surface area (Å²) in [7, 11) is 0. The lowest BCUT2D eigenvalue weighted by Gasteiger charge is -2.10. The summed E-state index contributed by atoms with van der Waals surface area (Å²) in [6, 6.07) is 10.1. The number of para-hydroxylation sites is 1. The van der Waals surface area contributed by atoms with Crippen LogP contribution in [0.3, 0.4) is 0 Å². The van der Waals surface area contributed by atoms with E-state index in [1.165, 1.54) is 4.70 Å². The van der Waals surface area contributed by atoms with Gasteiger partial charge in [0.15, 0.2) is 0 Å². The third-order valence-corrected chi connectivity index (χ3v) is 5.37. The molecule has 0 spiro atoms. The van der Waals surface area contributed by atoms with Crippen LogP contribution in [0.2, 0.25) is 0 Å². The molecule has 2 aromatic carbocycles. The first-order chi connectivity index (χ1) is 9.08. The van der Waals surface area contributed by atoms with Crippen LogP contribution in [0.4, 0.5) is 5.69 Å². The van der Waals surface area contributed by atoms with Gasteiger partial charge in [0.25, 0.3) is 0 Å². The number of nitrogen functional groups attached to an aromatic ring is 1. The lowest BCUT2D eigenvalue weighted by Crippen LogP contribution is -1.95. The molecule has 2 N–H and O–H groups in total. The van der Waals surface area contributed by atoms with Crippen molar-refractivity contribution in [3.05, 3.63) is 44.8 Å². The van der Waals surface area contributed by atoms with Crippen molar-refractivity contribution < 1.29 is 0 Å². The van der Waals surface area contributed by atoms with E-state index in [4.69, 9.17) is 10.7 Å². The minimum absolute atomic E-state index is 0.762. The summed E-state index contributed by atoms with van der Waals surface area (Å²) in [6.07, 6.45) is 0. The standard InChI is InChI=1S/C14H10Br2N2S/c1-7-12(8(15)6-9(16)13(7)17)14-18-10-4-2-3-5-11(10)19-14/h2-6H,17H2,1H3. The molecule has 0 aliphatic rings. The van der Waals surface area contributed by atoms with Crippen LogP contribution in [0, 0.1) is 6.92 Å². The number of nitrogens with zero attached hydrogens (tertiary/aromatic N) is 1. The number of hydrogen-bond acceptors (Lipinski definition) is 3. The lowest BCUT2D eigenvalue weighted by molar-refractivity contribution is 1.39. The second-order valence-corrected chi connectivity index (χ2v) is 6.98. The fourth-order valence-corrected chi connectivity index (χ4v) is 4.76. The zero-order chi connectivity index (χ0) is 13.6. The number of nitrogens with two attached hydrogens (primary N) is 1. The Balaban J connectivity index is 2.29. The first-order valence-corrected chi connectivity index (χ1v) is 8.08. The zero-order valence-corrected chi connectivity index (χ0v) is 14.1. The molecule has 0 unspecified atom stereocenters. The van der Waals surface area contributed by atoms with Crippen LogP contribution in [-0.2, 0) is 0 Å². The second-order valence-electron chi connectivity index (χ2n) is 4.24. The Morgan fingerprint density at radius 1 is 1.16 bits per heavy atom. The minimum Gasteiger partial charge on any atom is -0.398 e. The fraction of sp³-hybridized carbons (Fsp3) is 0.0714. The van der Waals surface area contributed by atoms with E-state index < -0.39 is 0 Å². The van der Waals surface area contributed by atoms with Gasteiger partial charge in [0.05, 0.1) is 10.2 Å². The molecule has 0 aliphatic heterocycles. The first-order valence-electron chi connectivity index (χ1n) is 5.68. The van der Waals surface area contributed by atoms with Crippen molar-refractivity contribution in [3.8, 4) is 10.6 Å². The van der Waals surface area contributed by atoms with E-state index in [1.807, 2.05) is 31.2 Å². The summed E-state index contributed by atoms with van der Waals surface area (Å²) in [5.74, 6) is 0. The average Bonchev–Trinajstić information content (AvgIpc) is 2.79. The predicted octanol–water partition coefficient (Wildman–Crippen LogP) is 5.38. The van der Waals surface area contributed by atoms with Gasteiger partial charge in [-0.05, 0) is 46.6 Å². The monoisotopic (exact) mass is 396 g/mol. The lowest BCUT2D eigenvalue weighted by atomic mass is 10.1. The topological polar surface area (TPSA) is 38.9 Å². The molecule has 0 saturated heterocycles. The fourth-order valence-electron chi connectivity index (χ4n) is 2.00. The molecule has 0 atom stereocenters. The molecule has 0 radical (unpaired) electrons. The van der Waals surface area contributed by atoms with Crippen LogP contribution in [0.5, 0.6) is 0 Å². The second kappa shape index (κ2) is 4.89. The molecular formula is C14H10Br2N2S. The molecular weight excluding hydrogens is 388 g/mol. The van der Waals surface area contributed by atoms with E-state index in [0.717, 1.165) is 36.3 Å². The summed E-state index contributed by atoms with van der Waals surface area (Å²) < 4.78 is 3.09.